The van der Waals surface area contributed by atoms with Crippen LogP contribution in [0.3, 0.4) is 0 Å². The molecule has 158 valence electrons. The number of benzene rings is 1. The monoisotopic (exact) mass is 421 g/mol. The minimum absolute atomic E-state index is 0.0969. The first-order valence-corrected chi connectivity index (χ1v) is 10.1. The zero-order valence-corrected chi connectivity index (χ0v) is 16.9. The summed E-state index contributed by atoms with van der Waals surface area (Å²) in [5, 5.41) is 11.7. The van der Waals surface area contributed by atoms with Crippen molar-refractivity contribution in [2.75, 3.05) is 31.1 Å². The van der Waals surface area contributed by atoms with Crippen LogP contribution in [0.15, 0.2) is 45.9 Å². The molecule has 1 fully saturated rings. The second-order valence-electron chi connectivity index (χ2n) is 7.22. The standard InChI is InChI=1S/C21H20FN7O2/c1-2-28-12-16(20-27-26-19(31-20)13-3-5-14(22)6-4-13)17(30)15-11-24-21(25-18(15)28)29-9-7-23-8-10-29/h3-6,11-12,23H,2,7-10H2,1H3. The number of pyridine rings is 1. The summed E-state index contributed by atoms with van der Waals surface area (Å²) >= 11 is 0. The molecule has 3 aromatic heterocycles. The Labute approximate surface area is 176 Å². The zero-order valence-electron chi connectivity index (χ0n) is 16.9. The summed E-state index contributed by atoms with van der Waals surface area (Å²) in [7, 11) is 0. The van der Waals surface area contributed by atoms with Crippen molar-refractivity contribution in [3.63, 3.8) is 0 Å². The van der Waals surface area contributed by atoms with Gasteiger partial charge < -0.3 is 19.2 Å². The molecule has 0 bridgehead atoms. The third-order valence-electron chi connectivity index (χ3n) is 5.29. The second-order valence-corrected chi connectivity index (χ2v) is 7.22. The number of hydrogen-bond acceptors (Lipinski definition) is 8. The van der Waals surface area contributed by atoms with Gasteiger partial charge in [-0.15, -0.1) is 10.2 Å². The largest absolute Gasteiger partial charge is 0.416 e. The van der Waals surface area contributed by atoms with E-state index >= 15 is 0 Å². The molecule has 0 amide bonds. The first-order chi connectivity index (χ1) is 15.1. The molecule has 1 N–H and O–H groups in total. The van der Waals surface area contributed by atoms with Gasteiger partial charge in [-0.2, -0.15) is 4.98 Å². The molecule has 0 unspecified atom stereocenters. The van der Waals surface area contributed by atoms with Gasteiger partial charge in [-0.05, 0) is 31.2 Å². The molecule has 0 aliphatic carbocycles. The van der Waals surface area contributed by atoms with Crippen molar-refractivity contribution in [3.8, 4) is 22.9 Å². The van der Waals surface area contributed by atoms with E-state index in [0.717, 1.165) is 26.2 Å². The van der Waals surface area contributed by atoms with E-state index in [9.17, 15) is 9.18 Å². The summed E-state index contributed by atoms with van der Waals surface area (Å²) < 4.78 is 20.8. The number of halogens is 1. The lowest BCUT2D eigenvalue weighted by atomic mass is 10.2. The first kappa shape index (κ1) is 19.3. The molecule has 10 heteroatoms. The van der Waals surface area contributed by atoms with E-state index in [0.29, 0.717) is 29.1 Å². The Kier molecular flexibility index (Phi) is 4.91. The molecule has 0 saturated carbocycles. The van der Waals surface area contributed by atoms with Crippen molar-refractivity contribution in [2.24, 2.45) is 0 Å². The van der Waals surface area contributed by atoms with Crippen molar-refractivity contribution in [3.05, 3.63) is 52.7 Å². The number of rotatable bonds is 4. The van der Waals surface area contributed by atoms with Crippen molar-refractivity contribution in [1.82, 2.24) is 30.0 Å². The summed E-state index contributed by atoms with van der Waals surface area (Å²) in [6.45, 7) is 5.93. The predicted octanol–water partition coefficient (Wildman–Crippen LogP) is 2.08. The van der Waals surface area contributed by atoms with Gasteiger partial charge in [-0.3, -0.25) is 4.79 Å². The third kappa shape index (κ3) is 3.55. The molecule has 5 rings (SSSR count). The molecule has 1 aliphatic heterocycles. The number of aryl methyl sites for hydroxylation is 1. The maximum atomic E-state index is 13.2. The number of nitrogens with one attached hydrogen (secondary N) is 1. The number of nitrogens with zero attached hydrogens (tertiary/aromatic N) is 6. The van der Waals surface area contributed by atoms with Crippen molar-refractivity contribution < 1.29 is 8.81 Å². The molecular weight excluding hydrogens is 401 g/mol. The summed E-state index contributed by atoms with van der Waals surface area (Å²) in [5.74, 6) is 0.561. The van der Waals surface area contributed by atoms with Crippen LogP contribution in [-0.4, -0.2) is 50.9 Å². The molecule has 1 saturated heterocycles. The molecule has 0 atom stereocenters. The number of piperazine rings is 1. The topological polar surface area (TPSA) is 102 Å². The molecule has 1 aromatic carbocycles. The minimum atomic E-state index is -0.357. The van der Waals surface area contributed by atoms with Crippen LogP contribution in [0.2, 0.25) is 0 Å². The van der Waals surface area contributed by atoms with E-state index in [-0.39, 0.29) is 28.6 Å². The van der Waals surface area contributed by atoms with Gasteiger partial charge >= 0.3 is 0 Å². The number of hydrogen-bond donors (Lipinski definition) is 1. The van der Waals surface area contributed by atoms with Gasteiger partial charge in [-0.25, -0.2) is 9.37 Å². The Morgan fingerprint density at radius 1 is 1.13 bits per heavy atom. The SMILES string of the molecule is CCn1cc(-c2nnc(-c3ccc(F)cc3)o2)c(=O)c2cnc(N3CCNCC3)nc21. The van der Waals surface area contributed by atoms with Crippen LogP contribution in [0.1, 0.15) is 6.92 Å². The Balaban J connectivity index is 1.58. The second kappa shape index (κ2) is 7.88. The lowest BCUT2D eigenvalue weighted by molar-refractivity contribution is 0.579. The number of anilines is 1. The third-order valence-corrected chi connectivity index (χ3v) is 5.29. The highest BCUT2D eigenvalue weighted by Crippen LogP contribution is 2.24. The van der Waals surface area contributed by atoms with Crippen LogP contribution in [0.25, 0.3) is 33.9 Å². The highest BCUT2D eigenvalue weighted by molar-refractivity contribution is 5.80. The maximum Gasteiger partial charge on any atom is 0.253 e. The quantitative estimate of drug-likeness (QED) is 0.534. The molecule has 4 heterocycles. The van der Waals surface area contributed by atoms with E-state index in [2.05, 4.69) is 30.4 Å². The fourth-order valence-corrected chi connectivity index (χ4v) is 3.62. The minimum Gasteiger partial charge on any atom is -0.416 e. The lowest BCUT2D eigenvalue weighted by Crippen LogP contribution is -2.44. The molecule has 9 nitrogen and oxygen atoms in total. The summed E-state index contributed by atoms with van der Waals surface area (Å²) in [6.07, 6.45) is 3.25. The van der Waals surface area contributed by atoms with Gasteiger partial charge in [0.15, 0.2) is 0 Å². The highest BCUT2D eigenvalue weighted by atomic mass is 19.1. The summed E-state index contributed by atoms with van der Waals surface area (Å²) in [5.41, 5.74) is 1.13. The van der Waals surface area contributed by atoms with E-state index in [1.165, 1.54) is 12.1 Å². The van der Waals surface area contributed by atoms with Crippen molar-refractivity contribution in [1.29, 1.82) is 0 Å². The van der Waals surface area contributed by atoms with E-state index < -0.39 is 0 Å². The van der Waals surface area contributed by atoms with Gasteiger partial charge in [0.2, 0.25) is 17.3 Å². The van der Waals surface area contributed by atoms with Crippen molar-refractivity contribution in [2.45, 2.75) is 13.5 Å². The summed E-state index contributed by atoms with van der Waals surface area (Å²) in [6, 6.07) is 5.71. The van der Waals surface area contributed by atoms with Crippen molar-refractivity contribution >= 4 is 17.0 Å². The molecule has 0 radical (unpaired) electrons. The number of aromatic nitrogens is 5. The lowest BCUT2D eigenvalue weighted by Gasteiger charge is -2.27. The van der Waals surface area contributed by atoms with Gasteiger partial charge in [0.1, 0.15) is 17.0 Å². The molecule has 1 aliphatic rings. The Morgan fingerprint density at radius 3 is 2.61 bits per heavy atom. The molecule has 4 aromatic rings. The molecule has 0 spiro atoms. The fraction of sp³-hybridized carbons (Fsp3) is 0.286. The van der Waals surface area contributed by atoms with Crippen LogP contribution >= 0.6 is 0 Å². The van der Waals surface area contributed by atoms with Crippen LogP contribution in [-0.2, 0) is 6.54 Å². The fourth-order valence-electron chi connectivity index (χ4n) is 3.62. The zero-order chi connectivity index (χ0) is 21.4. The Bertz CT molecular complexity index is 1290. The van der Waals surface area contributed by atoms with E-state index in [4.69, 9.17) is 4.42 Å². The Hall–Kier alpha value is -3.66. The van der Waals surface area contributed by atoms with Gasteiger partial charge in [-0.1, -0.05) is 0 Å². The predicted molar refractivity (Wildman–Crippen MR) is 113 cm³/mol. The van der Waals surface area contributed by atoms with Gasteiger partial charge in [0.05, 0.1) is 5.39 Å². The van der Waals surface area contributed by atoms with Crippen LogP contribution in [0, 0.1) is 5.82 Å². The first-order valence-electron chi connectivity index (χ1n) is 10.1. The van der Waals surface area contributed by atoms with Crippen LogP contribution in [0.5, 0.6) is 0 Å². The highest BCUT2D eigenvalue weighted by Gasteiger charge is 2.20. The van der Waals surface area contributed by atoms with Gasteiger partial charge in [0, 0.05) is 50.7 Å². The van der Waals surface area contributed by atoms with Crippen LogP contribution in [0.4, 0.5) is 10.3 Å². The average Bonchev–Trinajstić information content (AvgIpc) is 3.30. The number of fused-ring (bicyclic) bond motifs is 1. The van der Waals surface area contributed by atoms with E-state index in [1.54, 1.807) is 24.5 Å². The summed E-state index contributed by atoms with van der Waals surface area (Å²) in [4.78, 5) is 24.4. The van der Waals surface area contributed by atoms with Gasteiger partial charge in [0.25, 0.3) is 5.89 Å². The average molecular weight is 421 g/mol. The Morgan fingerprint density at radius 2 is 1.87 bits per heavy atom. The molecular formula is C21H20FN7O2. The molecule has 31 heavy (non-hydrogen) atoms. The van der Waals surface area contributed by atoms with Crippen LogP contribution < -0.4 is 15.6 Å². The smallest absolute Gasteiger partial charge is 0.253 e. The maximum absolute atomic E-state index is 13.2. The van der Waals surface area contributed by atoms with E-state index in [1.807, 2.05) is 11.5 Å². The normalized spacial score (nSPS) is 14.3.